The largest absolute Gasteiger partial charge is 0.468 e. The van der Waals surface area contributed by atoms with Crippen LogP contribution in [0.15, 0.2) is 28.2 Å². The van der Waals surface area contributed by atoms with Crippen molar-refractivity contribution in [2.45, 2.75) is 32.7 Å². The van der Waals surface area contributed by atoms with E-state index in [0.29, 0.717) is 5.92 Å². The summed E-state index contributed by atoms with van der Waals surface area (Å²) in [6.07, 6.45) is 2.68. The molecule has 0 amide bonds. The fraction of sp³-hybridized carbons (Fsp3) is 0.462. The van der Waals surface area contributed by atoms with Crippen LogP contribution in [0.25, 0.3) is 0 Å². The van der Waals surface area contributed by atoms with Crippen LogP contribution in [0.4, 0.5) is 0 Å². The predicted molar refractivity (Wildman–Crippen MR) is 70.3 cm³/mol. The lowest BCUT2D eigenvalue weighted by Crippen LogP contribution is -2.16. The van der Waals surface area contributed by atoms with Crippen LogP contribution in [0.5, 0.6) is 0 Å². The van der Waals surface area contributed by atoms with Crippen LogP contribution in [-0.4, -0.2) is 11.5 Å². The van der Waals surface area contributed by atoms with Gasteiger partial charge in [-0.3, -0.25) is 0 Å². The van der Waals surface area contributed by atoms with Gasteiger partial charge >= 0.3 is 0 Å². The molecule has 0 atom stereocenters. The Morgan fingerprint density at radius 2 is 2.35 bits per heavy atom. The van der Waals surface area contributed by atoms with Crippen LogP contribution < -0.4 is 5.32 Å². The third-order valence-corrected chi connectivity index (χ3v) is 3.69. The maximum atomic E-state index is 5.25. The van der Waals surface area contributed by atoms with Crippen molar-refractivity contribution in [2.75, 3.05) is 6.54 Å². The number of rotatable bonds is 6. The van der Waals surface area contributed by atoms with Gasteiger partial charge in [-0.2, -0.15) is 0 Å². The molecule has 0 aromatic carbocycles. The molecule has 0 aliphatic rings. The predicted octanol–water partition coefficient (Wildman–Crippen LogP) is 3.19. The summed E-state index contributed by atoms with van der Waals surface area (Å²) < 4.78 is 5.25. The number of hydrogen-bond acceptors (Lipinski definition) is 4. The van der Waals surface area contributed by atoms with Crippen molar-refractivity contribution >= 4 is 11.3 Å². The Kier molecular flexibility index (Phi) is 4.34. The Hall–Kier alpha value is -1.13. The average molecular weight is 250 g/mol. The zero-order chi connectivity index (χ0) is 12.1. The highest BCUT2D eigenvalue weighted by atomic mass is 32.1. The van der Waals surface area contributed by atoms with E-state index < -0.39 is 0 Å². The molecule has 0 fully saturated rings. The molecule has 17 heavy (non-hydrogen) atoms. The number of nitrogens with one attached hydrogen (secondary N) is 1. The zero-order valence-corrected chi connectivity index (χ0v) is 11.1. The molecular formula is C13H18N2OS. The summed E-state index contributed by atoms with van der Waals surface area (Å²) in [5.41, 5.74) is 1.19. The highest BCUT2D eigenvalue weighted by Crippen LogP contribution is 2.19. The van der Waals surface area contributed by atoms with Crippen LogP contribution in [0.1, 0.15) is 36.2 Å². The van der Waals surface area contributed by atoms with E-state index in [1.54, 1.807) is 17.6 Å². The molecule has 0 saturated carbocycles. The molecule has 3 nitrogen and oxygen atoms in total. The Balaban J connectivity index is 1.71. The van der Waals surface area contributed by atoms with Gasteiger partial charge in [0.25, 0.3) is 0 Å². The van der Waals surface area contributed by atoms with Crippen LogP contribution in [0.3, 0.4) is 0 Å². The molecule has 0 bridgehead atoms. The highest BCUT2D eigenvalue weighted by molar-refractivity contribution is 7.09. The Morgan fingerprint density at radius 1 is 1.47 bits per heavy atom. The molecule has 2 heterocycles. The number of nitrogens with zero attached hydrogens (tertiary/aromatic N) is 1. The van der Waals surface area contributed by atoms with Crippen LogP contribution >= 0.6 is 11.3 Å². The highest BCUT2D eigenvalue weighted by Gasteiger charge is 2.05. The van der Waals surface area contributed by atoms with Gasteiger partial charge in [0.15, 0.2) is 0 Å². The Bertz CT molecular complexity index is 434. The quantitative estimate of drug-likeness (QED) is 0.800. The molecule has 1 N–H and O–H groups in total. The van der Waals surface area contributed by atoms with E-state index in [9.17, 15) is 0 Å². The molecule has 4 heteroatoms. The first-order valence-electron chi connectivity index (χ1n) is 5.93. The maximum Gasteiger partial charge on any atom is 0.117 e. The first-order chi connectivity index (χ1) is 8.25. The van der Waals surface area contributed by atoms with Gasteiger partial charge in [0.1, 0.15) is 5.76 Å². The van der Waals surface area contributed by atoms with E-state index in [2.05, 4.69) is 29.5 Å². The second-order valence-electron chi connectivity index (χ2n) is 4.34. The number of aromatic nitrogens is 1. The first kappa shape index (κ1) is 12.3. The third-order valence-electron chi connectivity index (χ3n) is 2.50. The summed E-state index contributed by atoms with van der Waals surface area (Å²) >= 11 is 1.76. The van der Waals surface area contributed by atoms with Crippen LogP contribution in [-0.2, 0) is 13.0 Å². The Labute approximate surface area is 106 Å². The van der Waals surface area contributed by atoms with E-state index in [0.717, 1.165) is 25.3 Å². The SMILES string of the molecule is CC(C)c1nc(CCNCc2ccco2)cs1. The minimum atomic E-state index is 0.532. The number of furan rings is 1. The van der Waals surface area contributed by atoms with Gasteiger partial charge in [-0.25, -0.2) is 4.98 Å². The Morgan fingerprint density at radius 3 is 3.00 bits per heavy atom. The lowest BCUT2D eigenvalue weighted by molar-refractivity contribution is 0.484. The standard InChI is InChI=1S/C13H18N2OS/c1-10(2)13-15-11(9-17-13)5-6-14-8-12-4-3-7-16-12/h3-4,7,9-10,14H,5-6,8H2,1-2H3. The molecule has 2 aromatic heterocycles. The van der Waals surface area contributed by atoms with Crippen LogP contribution in [0.2, 0.25) is 0 Å². The molecule has 92 valence electrons. The summed E-state index contributed by atoms with van der Waals surface area (Å²) in [6, 6.07) is 3.89. The second kappa shape index (κ2) is 5.98. The van der Waals surface area contributed by atoms with E-state index in [-0.39, 0.29) is 0 Å². The summed E-state index contributed by atoms with van der Waals surface area (Å²) in [7, 11) is 0. The summed E-state index contributed by atoms with van der Waals surface area (Å²) in [6.45, 7) is 6.08. The van der Waals surface area contributed by atoms with Gasteiger partial charge < -0.3 is 9.73 Å². The van der Waals surface area contributed by atoms with Gasteiger partial charge in [0, 0.05) is 24.3 Å². The molecule has 0 aliphatic heterocycles. The minimum absolute atomic E-state index is 0.532. The zero-order valence-electron chi connectivity index (χ0n) is 10.3. The number of thiazole rings is 1. The monoisotopic (exact) mass is 250 g/mol. The van der Waals surface area contributed by atoms with Gasteiger partial charge in [-0.1, -0.05) is 13.8 Å². The van der Waals surface area contributed by atoms with Crippen LogP contribution in [0, 0.1) is 0 Å². The van der Waals surface area contributed by atoms with Crippen molar-refractivity contribution in [3.8, 4) is 0 Å². The van der Waals surface area contributed by atoms with E-state index in [4.69, 9.17) is 4.42 Å². The topological polar surface area (TPSA) is 38.1 Å². The minimum Gasteiger partial charge on any atom is -0.468 e. The first-order valence-corrected chi connectivity index (χ1v) is 6.81. The molecule has 0 saturated heterocycles. The molecule has 0 radical (unpaired) electrons. The van der Waals surface area contributed by atoms with E-state index >= 15 is 0 Å². The molecule has 0 unspecified atom stereocenters. The van der Waals surface area contributed by atoms with E-state index in [1.165, 1.54) is 10.7 Å². The smallest absolute Gasteiger partial charge is 0.117 e. The normalized spacial score (nSPS) is 11.2. The van der Waals surface area contributed by atoms with Crippen molar-refractivity contribution in [1.29, 1.82) is 0 Å². The summed E-state index contributed by atoms with van der Waals surface area (Å²) in [5.74, 6) is 1.51. The lowest BCUT2D eigenvalue weighted by Gasteiger charge is -2.01. The second-order valence-corrected chi connectivity index (χ2v) is 5.23. The van der Waals surface area contributed by atoms with Gasteiger partial charge in [-0.15, -0.1) is 11.3 Å². The maximum absolute atomic E-state index is 5.25. The fourth-order valence-electron chi connectivity index (χ4n) is 1.54. The average Bonchev–Trinajstić information content (AvgIpc) is 2.96. The third kappa shape index (κ3) is 3.68. The molecule has 2 aromatic rings. The van der Waals surface area contributed by atoms with Crippen molar-refractivity contribution < 1.29 is 4.42 Å². The summed E-state index contributed by atoms with van der Waals surface area (Å²) in [5, 5.41) is 6.73. The molecular weight excluding hydrogens is 232 g/mol. The molecule has 0 spiro atoms. The summed E-state index contributed by atoms with van der Waals surface area (Å²) in [4.78, 5) is 4.60. The van der Waals surface area contributed by atoms with Gasteiger partial charge in [0.05, 0.1) is 23.5 Å². The lowest BCUT2D eigenvalue weighted by atomic mass is 10.2. The van der Waals surface area contributed by atoms with Crippen molar-refractivity contribution in [3.63, 3.8) is 0 Å². The fourth-order valence-corrected chi connectivity index (χ4v) is 2.41. The van der Waals surface area contributed by atoms with Gasteiger partial charge in [-0.05, 0) is 12.1 Å². The number of hydrogen-bond donors (Lipinski definition) is 1. The van der Waals surface area contributed by atoms with E-state index in [1.807, 2.05) is 12.1 Å². The molecule has 2 rings (SSSR count). The van der Waals surface area contributed by atoms with Crippen molar-refractivity contribution in [3.05, 3.63) is 40.2 Å². The molecule has 0 aliphatic carbocycles. The van der Waals surface area contributed by atoms with Crippen molar-refractivity contribution in [1.82, 2.24) is 10.3 Å². The van der Waals surface area contributed by atoms with Gasteiger partial charge in [0.2, 0.25) is 0 Å². The van der Waals surface area contributed by atoms with Crippen molar-refractivity contribution in [2.24, 2.45) is 0 Å².